The summed E-state index contributed by atoms with van der Waals surface area (Å²) in [6.45, 7) is 4.78. The lowest BCUT2D eigenvalue weighted by Crippen LogP contribution is -2.47. The predicted molar refractivity (Wildman–Crippen MR) is 186 cm³/mol. The van der Waals surface area contributed by atoms with Crippen molar-refractivity contribution in [2.45, 2.75) is 97.1 Å². The van der Waals surface area contributed by atoms with Gasteiger partial charge < -0.3 is 20.3 Å². The van der Waals surface area contributed by atoms with Crippen molar-refractivity contribution in [2.24, 2.45) is 5.41 Å². The van der Waals surface area contributed by atoms with Gasteiger partial charge in [0.25, 0.3) is 0 Å². The van der Waals surface area contributed by atoms with Gasteiger partial charge in [0, 0.05) is 60.8 Å². The third-order valence-electron chi connectivity index (χ3n) is 10.4. The van der Waals surface area contributed by atoms with Crippen LogP contribution in [-0.4, -0.2) is 78.1 Å². The Balaban J connectivity index is 1.26. The molecule has 278 valence electrons. The van der Waals surface area contributed by atoms with Gasteiger partial charge in [-0.3, -0.25) is 23.9 Å². The Kier molecular flexibility index (Phi) is 9.41. The van der Waals surface area contributed by atoms with E-state index in [-0.39, 0.29) is 48.8 Å². The number of ether oxygens (including phenoxy) is 1. The van der Waals surface area contributed by atoms with E-state index in [0.717, 1.165) is 42.0 Å². The van der Waals surface area contributed by atoms with E-state index in [4.69, 9.17) is 0 Å². The molecule has 1 aromatic carbocycles. The highest BCUT2D eigenvalue weighted by atomic mass is 19.4. The number of aromatic nitrogens is 5. The molecule has 3 atom stereocenters. The Bertz CT molecular complexity index is 2120. The number of Topliss-reactive ketones (excluding diaryl/α,β-unsaturated/α-hetero) is 1. The van der Waals surface area contributed by atoms with Gasteiger partial charge in [-0.05, 0) is 74.8 Å². The fourth-order valence-corrected chi connectivity index (χ4v) is 7.69. The first-order valence-electron chi connectivity index (χ1n) is 17.7. The average Bonchev–Trinajstić information content (AvgIpc) is 3.51. The zero-order valence-electron chi connectivity index (χ0n) is 29.5. The number of rotatable bonds is 5. The van der Waals surface area contributed by atoms with Crippen LogP contribution in [0.3, 0.4) is 0 Å². The van der Waals surface area contributed by atoms with Crippen LogP contribution in [-0.2, 0) is 27.3 Å². The van der Waals surface area contributed by atoms with Crippen LogP contribution in [0.25, 0.3) is 22.0 Å². The quantitative estimate of drug-likeness (QED) is 0.262. The standard InChI is InChI=1S/C37H39F3N8O5/c1-20-10-11-30(53-37(38,39)40)44-34(20)45-35(52)27-14-36-15-28(36)48(27)31(51)18-47-33-23(8-6-4-5-7-9-29(50)43-19-36)12-24(25-16-41-22(3)42-17-25)13-26(33)32(46-47)21(2)49/h10-13,16-17,27-28H,4-9,14-15,18-19H2,1-3H3,(H,43,50)(H,44,45,52)/t27-,28+,36-/m0/s1. The number of amides is 3. The zero-order valence-corrected chi connectivity index (χ0v) is 29.5. The SMILES string of the molecule is CC(=O)c1nn2c3c(cc(-c4cnc(C)nc4)cc13)CCCCCCC(=O)NC[C@@]13C[C@@H](C(=O)Nc4nc(OC(F)(F)F)ccc4C)N(C(=O)C2)[C@@H]1C3. The first-order valence-corrected chi connectivity index (χ1v) is 17.7. The lowest BCUT2D eigenvalue weighted by molar-refractivity contribution is -0.276. The molecule has 0 spiro atoms. The Morgan fingerprint density at radius 3 is 2.45 bits per heavy atom. The largest absolute Gasteiger partial charge is 0.574 e. The highest BCUT2D eigenvalue weighted by Gasteiger charge is 2.67. The fraction of sp³-hybridized carbons (Fsp3) is 0.459. The first kappa shape index (κ1) is 36.0. The highest BCUT2D eigenvalue weighted by molar-refractivity contribution is 6.07. The van der Waals surface area contributed by atoms with Crippen LogP contribution in [0.15, 0.2) is 36.7 Å². The number of ketones is 1. The molecule has 16 heteroatoms. The van der Waals surface area contributed by atoms with E-state index in [0.29, 0.717) is 48.0 Å². The van der Waals surface area contributed by atoms with Crippen LogP contribution in [0.2, 0.25) is 0 Å². The van der Waals surface area contributed by atoms with E-state index in [1.54, 1.807) is 30.9 Å². The van der Waals surface area contributed by atoms with Crippen LogP contribution in [0.5, 0.6) is 5.88 Å². The second kappa shape index (κ2) is 13.9. The second-order valence-corrected chi connectivity index (χ2v) is 14.3. The zero-order chi connectivity index (χ0) is 37.7. The van der Waals surface area contributed by atoms with Crippen molar-refractivity contribution in [3.63, 3.8) is 0 Å². The van der Waals surface area contributed by atoms with Crippen molar-refractivity contribution in [2.75, 3.05) is 11.9 Å². The molecule has 1 aliphatic carbocycles. The number of aryl methyl sites for hydroxylation is 3. The number of hydrogen-bond donors (Lipinski definition) is 2. The molecule has 2 fully saturated rings. The highest BCUT2D eigenvalue weighted by Crippen LogP contribution is 2.59. The van der Waals surface area contributed by atoms with Crippen LogP contribution in [0, 0.1) is 19.3 Å². The molecule has 1 saturated heterocycles. The number of carbonyl (C=O) groups excluding carboxylic acids is 4. The predicted octanol–water partition coefficient (Wildman–Crippen LogP) is 5.23. The third-order valence-corrected chi connectivity index (χ3v) is 10.4. The van der Waals surface area contributed by atoms with Gasteiger partial charge in [0.2, 0.25) is 23.6 Å². The Morgan fingerprint density at radius 1 is 1.00 bits per heavy atom. The molecular weight excluding hydrogens is 693 g/mol. The fourth-order valence-electron chi connectivity index (χ4n) is 7.69. The number of nitrogens with zero attached hydrogens (tertiary/aromatic N) is 6. The van der Waals surface area contributed by atoms with Gasteiger partial charge in [-0.15, -0.1) is 13.2 Å². The number of benzene rings is 1. The number of hydrogen-bond acceptors (Lipinski definition) is 9. The molecule has 3 amide bonds. The Labute approximate surface area is 302 Å². The maximum absolute atomic E-state index is 14.4. The molecular formula is C37H39F3N8O5. The van der Waals surface area contributed by atoms with Crippen molar-refractivity contribution in [1.82, 2.24) is 34.9 Å². The summed E-state index contributed by atoms with van der Waals surface area (Å²) in [6, 6.07) is 4.86. The van der Waals surface area contributed by atoms with Crippen LogP contribution in [0.1, 0.15) is 79.3 Å². The summed E-state index contributed by atoms with van der Waals surface area (Å²) in [7, 11) is 0. The molecule has 0 radical (unpaired) electrons. The van der Waals surface area contributed by atoms with Gasteiger partial charge in [0.05, 0.1) is 5.52 Å². The second-order valence-electron chi connectivity index (χ2n) is 14.3. The summed E-state index contributed by atoms with van der Waals surface area (Å²) in [5, 5.41) is 10.9. The van der Waals surface area contributed by atoms with Crippen molar-refractivity contribution in [1.29, 1.82) is 0 Å². The molecule has 7 rings (SSSR count). The van der Waals surface area contributed by atoms with Gasteiger partial charge in [-0.1, -0.05) is 18.9 Å². The molecule has 2 aliphatic heterocycles. The van der Waals surface area contributed by atoms with Crippen molar-refractivity contribution in [3.05, 3.63) is 59.3 Å². The number of alkyl halides is 3. The van der Waals surface area contributed by atoms with Gasteiger partial charge in [0.1, 0.15) is 29.9 Å². The maximum atomic E-state index is 14.4. The molecule has 0 unspecified atom stereocenters. The number of anilines is 1. The molecule has 53 heavy (non-hydrogen) atoms. The minimum absolute atomic E-state index is 0.104. The normalized spacial score (nSPS) is 22.2. The van der Waals surface area contributed by atoms with Crippen LogP contribution >= 0.6 is 0 Å². The van der Waals surface area contributed by atoms with Gasteiger partial charge in [-0.2, -0.15) is 10.1 Å². The molecule has 1 saturated carbocycles. The summed E-state index contributed by atoms with van der Waals surface area (Å²) >= 11 is 0. The lowest BCUT2D eigenvalue weighted by atomic mass is 9.96. The Hall–Kier alpha value is -5.41. The van der Waals surface area contributed by atoms with E-state index in [9.17, 15) is 32.3 Å². The van der Waals surface area contributed by atoms with E-state index >= 15 is 0 Å². The number of piperidine rings is 1. The number of halogens is 3. The lowest BCUT2D eigenvalue weighted by Gasteiger charge is -2.27. The molecule has 2 bridgehead atoms. The van der Waals surface area contributed by atoms with Crippen molar-refractivity contribution >= 4 is 40.2 Å². The number of carbonyl (C=O) groups is 4. The molecule has 13 nitrogen and oxygen atoms in total. The van der Waals surface area contributed by atoms with E-state index in [2.05, 4.69) is 35.4 Å². The molecule has 4 aromatic rings. The van der Waals surface area contributed by atoms with Crippen molar-refractivity contribution < 1.29 is 37.1 Å². The summed E-state index contributed by atoms with van der Waals surface area (Å²) in [6.07, 6.45) is 3.40. The van der Waals surface area contributed by atoms with Crippen LogP contribution < -0.4 is 15.4 Å². The third kappa shape index (κ3) is 7.44. The minimum atomic E-state index is -4.98. The number of nitrogens with one attached hydrogen (secondary N) is 2. The van der Waals surface area contributed by atoms with Gasteiger partial charge in [0.15, 0.2) is 5.78 Å². The average molecular weight is 733 g/mol. The summed E-state index contributed by atoms with van der Waals surface area (Å²) < 4.78 is 44.3. The first-order chi connectivity index (χ1) is 25.2. The smallest absolute Gasteiger partial charge is 0.388 e. The van der Waals surface area contributed by atoms with E-state index in [1.807, 2.05) is 12.1 Å². The monoisotopic (exact) mass is 732 g/mol. The van der Waals surface area contributed by atoms with E-state index in [1.165, 1.54) is 17.9 Å². The summed E-state index contributed by atoms with van der Waals surface area (Å²) in [5.74, 6) is -1.70. The molecule has 5 heterocycles. The van der Waals surface area contributed by atoms with Crippen LogP contribution in [0.4, 0.5) is 19.0 Å². The van der Waals surface area contributed by atoms with Gasteiger partial charge in [-0.25, -0.2) is 9.97 Å². The molecule has 3 aliphatic rings. The van der Waals surface area contributed by atoms with Crippen molar-refractivity contribution in [3.8, 4) is 17.0 Å². The Morgan fingerprint density at radius 2 is 1.74 bits per heavy atom. The topological polar surface area (TPSA) is 161 Å². The minimum Gasteiger partial charge on any atom is -0.388 e. The van der Waals surface area contributed by atoms with Gasteiger partial charge >= 0.3 is 6.36 Å². The van der Waals surface area contributed by atoms with E-state index < -0.39 is 35.5 Å². The molecule has 3 aromatic heterocycles. The molecule has 2 N–H and O–H groups in total. The maximum Gasteiger partial charge on any atom is 0.574 e. The number of pyridine rings is 1. The summed E-state index contributed by atoms with van der Waals surface area (Å²) in [4.78, 5) is 68.3. The summed E-state index contributed by atoms with van der Waals surface area (Å²) in [5.41, 5.74) is 3.13.